The van der Waals surface area contributed by atoms with Gasteiger partial charge in [-0.05, 0) is 87.8 Å². The predicted molar refractivity (Wildman–Crippen MR) is 141 cm³/mol. The van der Waals surface area contributed by atoms with Crippen LogP contribution in [-0.4, -0.2) is 50.3 Å². The molecule has 1 aromatic carbocycles. The van der Waals surface area contributed by atoms with Gasteiger partial charge in [0.2, 0.25) is 5.95 Å². The topological polar surface area (TPSA) is 78.4 Å². The van der Waals surface area contributed by atoms with Gasteiger partial charge >= 0.3 is 0 Å². The van der Waals surface area contributed by atoms with E-state index in [1.165, 1.54) is 31.2 Å². The first-order valence-corrected chi connectivity index (χ1v) is 14.9. The number of halogens is 1. The zero-order valence-electron chi connectivity index (χ0n) is 20.3. The summed E-state index contributed by atoms with van der Waals surface area (Å²) >= 11 is 6.08. The number of fused-ring (bicyclic) bond motifs is 1. The lowest BCUT2D eigenvalue weighted by molar-refractivity contribution is 0.126. The normalized spacial score (nSPS) is 25.3. The number of hydrogen-bond donors (Lipinski definition) is 2. The summed E-state index contributed by atoms with van der Waals surface area (Å²) in [6.45, 7) is 2.06. The van der Waals surface area contributed by atoms with Crippen molar-refractivity contribution in [3.05, 3.63) is 40.5 Å². The van der Waals surface area contributed by atoms with Crippen molar-refractivity contribution in [2.45, 2.75) is 80.6 Å². The zero-order valence-corrected chi connectivity index (χ0v) is 21.8. The molecular formula is C27H35ClN4O2S. The lowest BCUT2D eigenvalue weighted by atomic mass is 9.65. The average Bonchev–Trinajstić information content (AvgIpc) is 3.01. The lowest BCUT2D eigenvalue weighted by Crippen LogP contribution is -2.58. The van der Waals surface area contributed by atoms with Gasteiger partial charge in [0.15, 0.2) is 0 Å². The Bertz CT molecular complexity index is 1100. The first-order valence-electron chi connectivity index (χ1n) is 13.2. The second-order valence-electron chi connectivity index (χ2n) is 11.3. The summed E-state index contributed by atoms with van der Waals surface area (Å²) in [6.07, 6.45) is 10.6. The SMILES string of the molecule is O=S1CCCCc2nc(N3CC4(CCC(c5ccc(Cl)cc5)CC4)C3)nc(NC3(CO)CCC3)c21. The third-order valence-corrected chi connectivity index (χ3v) is 10.7. The number of aliphatic hydroxyl groups is 1. The number of benzene rings is 1. The maximum absolute atomic E-state index is 13.1. The van der Waals surface area contributed by atoms with Crippen LogP contribution in [0, 0.1) is 5.41 Å². The van der Waals surface area contributed by atoms with Gasteiger partial charge < -0.3 is 15.3 Å². The van der Waals surface area contributed by atoms with E-state index in [2.05, 4.69) is 22.3 Å². The molecule has 35 heavy (non-hydrogen) atoms. The first-order chi connectivity index (χ1) is 17.0. The zero-order chi connectivity index (χ0) is 24.0. The molecule has 3 fully saturated rings. The van der Waals surface area contributed by atoms with Gasteiger partial charge in [-0.3, -0.25) is 4.21 Å². The van der Waals surface area contributed by atoms with Crippen molar-refractivity contribution in [3.63, 3.8) is 0 Å². The molecule has 2 N–H and O–H groups in total. The Hall–Kier alpha value is -1.70. The van der Waals surface area contributed by atoms with Gasteiger partial charge in [0.25, 0.3) is 0 Å². The Kier molecular flexibility index (Phi) is 6.30. The van der Waals surface area contributed by atoms with Crippen LogP contribution >= 0.6 is 11.6 Å². The molecule has 1 unspecified atom stereocenters. The number of aromatic nitrogens is 2. The maximum atomic E-state index is 13.1. The van der Waals surface area contributed by atoms with E-state index in [1.54, 1.807) is 0 Å². The van der Waals surface area contributed by atoms with Crippen LogP contribution in [-0.2, 0) is 17.2 Å². The first kappa shape index (κ1) is 23.7. The molecule has 2 aromatic rings. The Morgan fingerprint density at radius 1 is 1.06 bits per heavy atom. The molecule has 2 saturated carbocycles. The van der Waals surface area contributed by atoms with Gasteiger partial charge in [-0.15, -0.1) is 0 Å². The highest BCUT2D eigenvalue weighted by atomic mass is 35.5. The summed E-state index contributed by atoms with van der Waals surface area (Å²) in [7, 11) is -1.09. The molecule has 4 aliphatic rings. The minimum absolute atomic E-state index is 0.0787. The number of anilines is 2. The van der Waals surface area contributed by atoms with Crippen LogP contribution in [0.25, 0.3) is 0 Å². The molecule has 0 bridgehead atoms. The summed E-state index contributed by atoms with van der Waals surface area (Å²) in [6, 6.07) is 8.37. The fourth-order valence-electron chi connectivity index (χ4n) is 6.44. The number of nitrogens with zero attached hydrogens (tertiary/aromatic N) is 3. The summed E-state index contributed by atoms with van der Waals surface area (Å²) in [4.78, 5) is 13.0. The third-order valence-electron chi connectivity index (χ3n) is 8.86. The van der Waals surface area contributed by atoms with Crippen molar-refractivity contribution in [2.24, 2.45) is 5.41 Å². The third kappa shape index (κ3) is 4.49. The van der Waals surface area contributed by atoms with Gasteiger partial charge in [-0.1, -0.05) is 23.7 Å². The molecule has 8 heteroatoms. The highest BCUT2D eigenvalue weighted by Gasteiger charge is 2.47. The van der Waals surface area contributed by atoms with Crippen LogP contribution in [0.1, 0.15) is 75.0 Å². The molecule has 6 rings (SSSR count). The Morgan fingerprint density at radius 2 is 1.80 bits per heavy atom. The van der Waals surface area contributed by atoms with Crippen LogP contribution in [0.15, 0.2) is 29.2 Å². The smallest absolute Gasteiger partial charge is 0.227 e. The van der Waals surface area contributed by atoms with Crippen molar-refractivity contribution in [1.82, 2.24) is 9.97 Å². The van der Waals surface area contributed by atoms with Crippen LogP contribution in [0.2, 0.25) is 5.02 Å². The minimum Gasteiger partial charge on any atom is -0.394 e. The quantitative estimate of drug-likeness (QED) is 0.580. The fraction of sp³-hybridized carbons (Fsp3) is 0.630. The van der Waals surface area contributed by atoms with Gasteiger partial charge in [-0.25, -0.2) is 4.98 Å². The number of aliphatic hydroxyl groups excluding tert-OH is 1. The molecule has 2 aliphatic heterocycles. The Balaban J connectivity index is 1.19. The number of nitrogens with one attached hydrogen (secondary N) is 1. The van der Waals surface area contributed by atoms with E-state index in [9.17, 15) is 9.32 Å². The monoisotopic (exact) mass is 514 g/mol. The highest BCUT2D eigenvalue weighted by molar-refractivity contribution is 7.85. The van der Waals surface area contributed by atoms with Crippen molar-refractivity contribution in [2.75, 3.05) is 35.7 Å². The number of hydrogen-bond acceptors (Lipinski definition) is 6. The molecule has 2 aliphatic carbocycles. The molecule has 1 atom stereocenters. The van der Waals surface area contributed by atoms with Gasteiger partial charge in [-0.2, -0.15) is 4.98 Å². The summed E-state index contributed by atoms with van der Waals surface area (Å²) in [5.41, 5.74) is 2.38. The van der Waals surface area contributed by atoms with Crippen molar-refractivity contribution < 1.29 is 9.32 Å². The van der Waals surface area contributed by atoms with E-state index < -0.39 is 10.8 Å². The van der Waals surface area contributed by atoms with Gasteiger partial charge in [0.05, 0.1) is 28.6 Å². The molecule has 0 radical (unpaired) electrons. The molecule has 1 saturated heterocycles. The number of aryl methyl sites for hydroxylation is 1. The largest absolute Gasteiger partial charge is 0.394 e. The Morgan fingerprint density at radius 3 is 2.46 bits per heavy atom. The van der Waals surface area contributed by atoms with E-state index in [0.717, 1.165) is 73.2 Å². The summed E-state index contributed by atoms with van der Waals surface area (Å²) in [5.74, 6) is 2.76. The molecular weight excluding hydrogens is 480 g/mol. The molecule has 1 spiro atoms. The molecule has 6 nitrogen and oxygen atoms in total. The second-order valence-corrected chi connectivity index (χ2v) is 13.2. The van der Waals surface area contributed by atoms with E-state index in [1.807, 2.05) is 12.1 Å². The highest BCUT2D eigenvalue weighted by Crippen LogP contribution is 2.49. The minimum atomic E-state index is -1.09. The van der Waals surface area contributed by atoms with E-state index >= 15 is 0 Å². The van der Waals surface area contributed by atoms with E-state index in [4.69, 9.17) is 21.6 Å². The van der Waals surface area contributed by atoms with Crippen LogP contribution in [0.4, 0.5) is 11.8 Å². The standard InChI is InChI=1S/C27H35ClN4O2S/c28-21-7-5-19(6-8-21)20-9-13-26(14-10-20)16-32(17-26)25-29-22-4-1-2-15-35(34)23(22)24(30-25)31-27(18-33)11-3-12-27/h5-8,20,33H,1-4,9-18H2,(H,29,30,31). The van der Waals surface area contributed by atoms with Crippen LogP contribution in [0.5, 0.6) is 0 Å². The van der Waals surface area contributed by atoms with Crippen molar-refractivity contribution in [1.29, 1.82) is 0 Å². The van der Waals surface area contributed by atoms with Crippen molar-refractivity contribution in [3.8, 4) is 0 Å². The van der Waals surface area contributed by atoms with Crippen LogP contribution in [0.3, 0.4) is 0 Å². The predicted octanol–water partition coefficient (Wildman–Crippen LogP) is 5.07. The van der Waals surface area contributed by atoms with Crippen molar-refractivity contribution >= 4 is 34.2 Å². The fourth-order valence-corrected chi connectivity index (χ4v) is 7.96. The molecule has 3 heterocycles. The van der Waals surface area contributed by atoms with Gasteiger partial charge in [0.1, 0.15) is 10.7 Å². The van der Waals surface area contributed by atoms with Gasteiger partial charge in [0, 0.05) is 29.3 Å². The summed E-state index contributed by atoms with van der Waals surface area (Å²) in [5, 5.41) is 14.4. The number of rotatable bonds is 5. The maximum Gasteiger partial charge on any atom is 0.227 e. The van der Waals surface area contributed by atoms with Crippen LogP contribution < -0.4 is 10.2 Å². The van der Waals surface area contributed by atoms with E-state index in [-0.39, 0.29) is 12.1 Å². The lowest BCUT2D eigenvalue weighted by Gasteiger charge is -2.53. The Labute approximate surface area is 215 Å². The molecule has 188 valence electrons. The molecule has 0 amide bonds. The van der Waals surface area contributed by atoms with E-state index in [0.29, 0.717) is 22.9 Å². The second kappa shape index (κ2) is 9.31. The molecule has 1 aromatic heterocycles. The average molecular weight is 515 g/mol. The summed E-state index contributed by atoms with van der Waals surface area (Å²) < 4.78 is 13.1.